The third-order valence-corrected chi connectivity index (χ3v) is 2.65. The lowest BCUT2D eigenvalue weighted by Gasteiger charge is -2.21. The van der Waals surface area contributed by atoms with Crippen molar-refractivity contribution in [3.05, 3.63) is 35.4 Å². The first kappa shape index (κ1) is 17.5. The van der Waals surface area contributed by atoms with Gasteiger partial charge in [0.05, 0.1) is 0 Å². The normalized spacial score (nSPS) is 12.1. The number of hydrogen-bond donors (Lipinski definition) is 2. The van der Waals surface area contributed by atoms with Crippen LogP contribution in [0.1, 0.15) is 52.7 Å². The summed E-state index contributed by atoms with van der Waals surface area (Å²) in [4.78, 5) is 11.6. The number of nitrogens with one attached hydrogen (secondary N) is 2. The number of ether oxygens (including phenoxy) is 1. The Balaban J connectivity index is 2.51. The van der Waals surface area contributed by atoms with E-state index < -0.39 is 5.60 Å². The van der Waals surface area contributed by atoms with Crippen LogP contribution in [0.2, 0.25) is 0 Å². The van der Waals surface area contributed by atoms with E-state index in [9.17, 15) is 4.79 Å². The first-order chi connectivity index (χ1) is 9.55. The lowest BCUT2D eigenvalue weighted by atomic mass is 10.1. The molecule has 4 heteroatoms. The topological polar surface area (TPSA) is 50.4 Å². The van der Waals surface area contributed by atoms with Crippen LogP contribution in [0, 0.1) is 0 Å². The third kappa shape index (κ3) is 8.35. The highest BCUT2D eigenvalue weighted by Crippen LogP contribution is 2.09. The number of rotatable bonds is 4. The van der Waals surface area contributed by atoms with E-state index in [1.165, 1.54) is 5.56 Å². The number of hydrogen-bond acceptors (Lipinski definition) is 3. The Bertz CT molecular complexity index is 470. The van der Waals surface area contributed by atoms with Gasteiger partial charge in [-0.3, -0.25) is 0 Å². The summed E-state index contributed by atoms with van der Waals surface area (Å²) < 4.78 is 5.22. The van der Waals surface area contributed by atoms with E-state index >= 15 is 0 Å². The number of carbonyl (C=O) groups is 1. The molecule has 0 radical (unpaired) electrons. The van der Waals surface area contributed by atoms with Crippen molar-refractivity contribution in [3.8, 4) is 0 Å². The van der Waals surface area contributed by atoms with E-state index in [2.05, 4.69) is 43.5 Å². The van der Waals surface area contributed by atoms with Crippen LogP contribution in [0.25, 0.3) is 0 Å². The van der Waals surface area contributed by atoms with Crippen molar-refractivity contribution in [1.82, 2.24) is 10.6 Å². The van der Waals surface area contributed by atoms with Crippen LogP contribution in [0.15, 0.2) is 24.3 Å². The molecule has 0 saturated heterocycles. The van der Waals surface area contributed by atoms with E-state index in [-0.39, 0.29) is 11.6 Å². The highest BCUT2D eigenvalue weighted by atomic mass is 16.6. The molecule has 0 atom stereocenters. The second-order valence-corrected chi connectivity index (χ2v) is 7.28. The number of amides is 1. The standard InChI is InChI=1S/C17H28N2O2/c1-16(2,3)19-12-14-9-7-8-13(10-14)11-18-15(20)21-17(4,5)6/h7-10,19H,11-12H2,1-6H3,(H,18,20). The summed E-state index contributed by atoms with van der Waals surface area (Å²) in [5.74, 6) is 0. The summed E-state index contributed by atoms with van der Waals surface area (Å²) in [6, 6.07) is 8.18. The van der Waals surface area contributed by atoms with Gasteiger partial charge < -0.3 is 15.4 Å². The van der Waals surface area contributed by atoms with Crippen LogP contribution < -0.4 is 10.6 Å². The van der Waals surface area contributed by atoms with Crippen LogP contribution in [0.5, 0.6) is 0 Å². The molecule has 0 saturated carbocycles. The minimum absolute atomic E-state index is 0.0881. The van der Waals surface area contributed by atoms with Gasteiger partial charge in [0.25, 0.3) is 0 Å². The van der Waals surface area contributed by atoms with E-state index in [0.29, 0.717) is 6.54 Å². The Labute approximate surface area is 128 Å². The van der Waals surface area contributed by atoms with Crippen LogP contribution in [-0.4, -0.2) is 17.2 Å². The van der Waals surface area contributed by atoms with Crippen molar-refractivity contribution < 1.29 is 9.53 Å². The average molecular weight is 292 g/mol. The molecule has 0 spiro atoms. The lowest BCUT2D eigenvalue weighted by molar-refractivity contribution is 0.0523. The Morgan fingerprint density at radius 3 is 2.14 bits per heavy atom. The Morgan fingerprint density at radius 1 is 1.05 bits per heavy atom. The molecule has 1 rings (SSSR count). The third-order valence-electron chi connectivity index (χ3n) is 2.65. The van der Waals surface area contributed by atoms with Gasteiger partial charge in [-0.1, -0.05) is 24.3 Å². The number of alkyl carbamates (subject to hydrolysis) is 1. The molecule has 4 nitrogen and oxygen atoms in total. The second-order valence-electron chi connectivity index (χ2n) is 7.28. The largest absolute Gasteiger partial charge is 0.444 e. The predicted molar refractivity (Wildman–Crippen MR) is 86.1 cm³/mol. The number of carbonyl (C=O) groups excluding carboxylic acids is 1. The van der Waals surface area contributed by atoms with Gasteiger partial charge in [0.1, 0.15) is 5.60 Å². The molecule has 1 aromatic carbocycles. The summed E-state index contributed by atoms with van der Waals surface area (Å²) in [6.45, 7) is 13.3. The van der Waals surface area contributed by atoms with Crippen LogP contribution in [0.3, 0.4) is 0 Å². The van der Waals surface area contributed by atoms with E-state index in [4.69, 9.17) is 4.74 Å². The fraction of sp³-hybridized carbons (Fsp3) is 0.588. The van der Waals surface area contributed by atoms with Gasteiger partial charge in [-0.25, -0.2) is 4.79 Å². The Morgan fingerprint density at radius 2 is 1.62 bits per heavy atom. The Kier molecular flexibility index (Phi) is 5.78. The highest BCUT2D eigenvalue weighted by Gasteiger charge is 2.15. The van der Waals surface area contributed by atoms with E-state index in [0.717, 1.165) is 12.1 Å². The van der Waals surface area contributed by atoms with Crippen LogP contribution in [0.4, 0.5) is 4.79 Å². The number of benzene rings is 1. The molecule has 0 aliphatic carbocycles. The summed E-state index contributed by atoms with van der Waals surface area (Å²) >= 11 is 0. The van der Waals surface area contributed by atoms with Crippen molar-refractivity contribution in [2.24, 2.45) is 0 Å². The molecule has 0 fully saturated rings. The van der Waals surface area contributed by atoms with Crippen molar-refractivity contribution in [2.75, 3.05) is 0 Å². The molecule has 0 aliphatic heterocycles. The summed E-state index contributed by atoms with van der Waals surface area (Å²) in [5.41, 5.74) is 1.88. The molecule has 0 heterocycles. The Hall–Kier alpha value is -1.55. The zero-order valence-corrected chi connectivity index (χ0v) is 14.0. The van der Waals surface area contributed by atoms with Gasteiger partial charge in [-0.05, 0) is 52.7 Å². The van der Waals surface area contributed by atoms with Gasteiger partial charge in [-0.15, -0.1) is 0 Å². The van der Waals surface area contributed by atoms with Gasteiger partial charge in [-0.2, -0.15) is 0 Å². The molecule has 118 valence electrons. The quantitative estimate of drug-likeness (QED) is 0.891. The molecule has 0 unspecified atom stereocenters. The monoisotopic (exact) mass is 292 g/mol. The van der Waals surface area contributed by atoms with Crippen LogP contribution in [-0.2, 0) is 17.8 Å². The maximum absolute atomic E-state index is 11.6. The fourth-order valence-electron chi connectivity index (χ4n) is 1.71. The van der Waals surface area contributed by atoms with Gasteiger partial charge >= 0.3 is 6.09 Å². The second kappa shape index (κ2) is 6.94. The molecule has 1 amide bonds. The predicted octanol–water partition coefficient (Wildman–Crippen LogP) is 3.60. The SMILES string of the molecule is CC(C)(C)NCc1cccc(CNC(=O)OC(C)(C)C)c1. The van der Waals surface area contributed by atoms with E-state index in [1.807, 2.05) is 32.9 Å². The molecule has 2 N–H and O–H groups in total. The maximum atomic E-state index is 11.6. The van der Waals surface area contributed by atoms with Gasteiger partial charge in [0.2, 0.25) is 0 Å². The zero-order chi connectivity index (χ0) is 16.1. The summed E-state index contributed by atoms with van der Waals surface area (Å²) in [6.07, 6.45) is -0.388. The van der Waals surface area contributed by atoms with Gasteiger partial charge in [0.15, 0.2) is 0 Å². The van der Waals surface area contributed by atoms with Crippen molar-refractivity contribution in [1.29, 1.82) is 0 Å². The maximum Gasteiger partial charge on any atom is 0.407 e. The zero-order valence-electron chi connectivity index (χ0n) is 14.0. The molecule has 0 aliphatic rings. The summed E-state index contributed by atoms with van der Waals surface area (Å²) in [7, 11) is 0. The molecular formula is C17H28N2O2. The van der Waals surface area contributed by atoms with Crippen molar-refractivity contribution in [2.45, 2.75) is 65.8 Å². The minimum atomic E-state index is -0.470. The molecule has 0 bridgehead atoms. The molecule has 0 aromatic heterocycles. The fourth-order valence-corrected chi connectivity index (χ4v) is 1.71. The molecule has 21 heavy (non-hydrogen) atoms. The first-order valence-electron chi connectivity index (χ1n) is 7.35. The molecule has 1 aromatic rings. The lowest BCUT2D eigenvalue weighted by Crippen LogP contribution is -2.35. The van der Waals surface area contributed by atoms with Crippen LogP contribution >= 0.6 is 0 Å². The van der Waals surface area contributed by atoms with Crippen molar-refractivity contribution in [3.63, 3.8) is 0 Å². The summed E-state index contributed by atoms with van der Waals surface area (Å²) in [5, 5.41) is 6.22. The highest BCUT2D eigenvalue weighted by molar-refractivity contribution is 5.67. The minimum Gasteiger partial charge on any atom is -0.444 e. The van der Waals surface area contributed by atoms with E-state index in [1.54, 1.807) is 0 Å². The van der Waals surface area contributed by atoms with Gasteiger partial charge in [0, 0.05) is 18.6 Å². The smallest absolute Gasteiger partial charge is 0.407 e. The molecular weight excluding hydrogens is 264 g/mol. The first-order valence-corrected chi connectivity index (χ1v) is 7.35. The van der Waals surface area contributed by atoms with Crippen molar-refractivity contribution >= 4 is 6.09 Å². The average Bonchev–Trinajstić information content (AvgIpc) is 2.32.